The smallest absolute Gasteiger partial charge is 0.161 e. The van der Waals surface area contributed by atoms with Gasteiger partial charge >= 0.3 is 0 Å². The second kappa shape index (κ2) is 6.71. The molecule has 3 rings (SSSR count). The Labute approximate surface area is 127 Å². The molecule has 0 spiro atoms. The van der Waals surface area contributed by atoms with Crippen LogP contribution in [0.15, 0.2) is 0 Å². The molecule has 5 heteroatoms. The summed E-state index contributed by atoms with van der Waals surface area (Å²) < 4.78 is 5.92. The second-order valence-corrected chi connectivity index (χ2v) is 5.89. The normalized spacial score (nSPS) is 22.3. The van der Waals surface area contributed by atoms with Crippen LogP contribution in [-0.2, 0) is 17.6 Å². The molecule has 0 amide bonds. The third-order valence-electron chi connectivity index (χ3n) is 4.38. The molecule has 5 nitrogen and oxygen atoms in total. The second-order valence-electron chi connectivity index (χ2n) is 5.89. The number of anilines is 1. The van der Waals surface area contributed by atoms with Gasteiger partial charge in [-0.05, 0) is 32.2 Å². The summed E-state index contributed by atoms with van der Waals surface area (Å²) >= 11 is 0. The number of likely N-dealkylation sites (N-methyl/N-ethyl adjacent to an activating group) is 1. The molecule has 0 aromatic carbocycles. The molecule has 1 aromatic rings. The molecule has 1 aliphatic heterocycles. The van der Waals surface area contributed by atoms with E-state index in [1.165, 1.54) is 17.7 Å². The van der Waals surface area contributed by atoms with Gasteiger partial charge in [0.05, 0.1) is 6.61 Å². The van der Waals surface area contributed by atoms with Gasteiger partial charge in [-0.25, -0.2) is 9.97 Å². The Morgan fingerprint density at radius 2 is 2.19 bits per heavy atom. The number of ether oxygens (including phenoxy) is 1. The van der Waals surface area contributed by atoms with E-state index in [0.717, 1.165) is 63.7 Å². The van der Waals surface area contributed by atoms with Gasteiger partial charge in [0.2, 0.25) is 0 Å². The third kappa shape index (κ3) is 3.19. The molecule has 1 aromatic heterocycles. The lowest BCUT2D eigenvalue weighted by atomic mass is 10.2. The molecule has 2 heterocycles. The van der Waals surface area contributed by atoms with Gasteiger partial charge in [-0.15, -0.1) is 0 Å². The average Bonchev–Trinajstić information content (AvgIpc) is 3.01. The first-order valence-electron chi connectivity index (χ1n) is 8.29. The molecule has 0 radical (unpaired) electrons. The number of aryl methyl sites for hydroxylation is 1. The summed E-state index contributed by atoms with van der Waals surface area (Å²) in [6.07, 6.45) is 4.51. The van der Waals surface area contributed by atoms with E-state index in [1.54, 1.807) is 0 Å². The number of rotatable bonds is 5. The maximum absolute atomic E-state index is 5.92. The van der Waals surface area contributed by atoms with Crippen molar-refractivity contribution in [1.82, 2.24) is 14.9 Å². The Balaban J connectivity index is 1.84. The van der Waals surface area contributed by atoms with Gasteiger partial charge in [0.25, 0.3) is 0 Å². The van der Waals surface area contributed by atoms with E-state index in [4.69, 9.17) is 14.7 Å². The van der Waals surface area contributed by atoms with Crippen LogP contribution in [0.2, 0.25) is 0 Å². The van der Waals surface area contributed by atoms with Crippen molar-refractivity contribution in [2.45, 2.75) is 45.6 Å². The number of hydrogen-bond donors (Lipinski definition) is 1. The highest BCUT2D eigenvalue weighted by Crippen LogP contribution is 2.29. The van der Waals surface area contributed by atoms with Gasteiger partial charge in [-0.2, -0.15) is 0 Å². The SMILES string of the molecule is CCCNc1nc(C2CN(CC)CCO2)nc2c1CCC2. The van der Waals surface area contributed by atoms with Crippen LogP contribution in [0, 0.1) is 0 Å². The fourth-order valence-electron chi connectivity index (χ4n) is 3.13. The van der Waals surface area contributed by atoms with Crippen LogP contribution in [0.25, 0.3) is 0 Å². The summed E-state index contributed by atoms with van der Waals surface area (Å²) in [6.45, 7) is 9.10. The molecular formula is C16H26N4O. The van der Waals surface area contributed by atoms with Crippen LogP contribution >= 0.6 is 0 Å². The van der Waals surface area contributed by atoms with E-state index in [-0.39, 0.29) is 6.10 Å². The summed E-state index contributed by atoms with van der Waals surface area (Å²) in [7, 11) is 0. The quantitative estimate of drug-likeness (QED) is 0.901. The minimum atomic E-state index is 0.0202. The highest BCUT2D eigenvalue weighted by Gasteiger charge is 2.27. The van der Waals surface area contributed by atoms with Crippen LogP contribution in [0.4, 0.5) is 5.82 Å². The van der Waals surface area contributed by atoms with Gasteiger partial charge in [-0.3, -0.25) is 4.90 Å². The summed E-state index contributed by atoms with van der Waals surface area (Å²) in [6, 6.07) is 0. The molecule has 116 valence electrons. The fraction of sp³-hybridized carbons (Fsp3) is 0.750. The van der Waals surface area contributed by atoms with Gasteiger partial charge in [-0.1, -0.05) is 13.8 Å². The molecule has 1 N–H and O–H groups in total. The molecule has 1 fully saturated rings. The molecule has 0 saturated carbocycles. The van der Waals surface area contributed by atoms with E-state index < -0.39 is 0 Å². The molecule has 1 saturated heterocycles. The fourth-order valence-corrected chi connectivity index (χ4v) is 3.13. The van der Waals surface area contributed by atoms with Crippen LogP contribution in [0.3, 0.4) is 0 Å². The lowest BCUT2D eigenvalue weighted by Crippen LogP contribution is -2.38. The maximum Gasteiger partial charge on any atom is 0.161 e. The largest absolute Gasteiger partial charge is 0.370 e. The van der Waals surface area contributed by atoms with Crippen LogP contribution in [0.5, 0.6) is 0 Å². The molecule has 2 aliphatic rings. The Bertz CT molecular complexity index is 491. The minimum Gasteiger partial charge on any atom is -0.370 e. The monoisotopic (exact) mass is 290 g/mol. The van der Waals surface area contributed by atoms with Gasteiger partial charge in [0.15, 0.2) is 5.82 Å². The molecular weight excluding hydrogens is 264 g/mol. The first kappa shape index (κ1) is 14.7. The zero-order valence-electron chi connectivity index (χ0n) is 13.2. The Morgan fingerprint density at radius 1 is 1.29 bits per heavy atom. The van der Waals surface area contributed by atoms with Crippen molar-refractivity contribution < 1.29 is 4.74 Å². The highest BCUT2D eigenvalue weighted by atomic mass is 16.5. The minimum absolute atomic E-state index is 0.0202. The summed E-state index contributed by atoms with van der Waals surface area (Å²) in [4.78, 5) is 12.0. The Hall–Kier alpha value is -1.20. The number of aromatic nitrogens is 2. The van der Waals surface area contributed by atoms with E-state index in [1.807, 2.05) is 0 Å². The number of hydrogen-bond acceptors (Lipinski definition) is 5. The lowest BCUT2D eigenvalue weighted by Gasteiger charge is -2.31. The molecule has 1 aliphatic carbocycles. The molecule has 21 heavy (non-hydrogen) atoms. The van der Waals surface area contributed by atoms with E-state index >= 15 is 0 Å². The van der Waals surface area contributed by atoms with Crippen molar-refractivity contribution in [3.8, 4) is 0 Å². The van der Waals surface area contributed by atoms with Crippen LogP contribution in [-0.4, -0.2) is 47.7 Å². The Kier molecular flexibility index (Phi) is 4.70. The topological polar surface area (TPSA) is 50.3 Å². The number of nitrogens with one attached hydrogen (secondary N) is 1. The first-order chi connectivity index (χ1) is 10.3. The van der Waals surface area contributed by atoms with Crippen molar-refractivity contribution in [3.05, 3.63) is 17.1 Å². The Morgan fingerprint density at radius 3 is 3.00 bits per heavy atom. The van der Waals surface area contributed by atoms with E-state index in [2.05, 4.69) is 24.1 Å². The van der Waals surface area contributed by atoms with Gasteiger partial charge < -0.3 is 10.1 Å². The zero-order valence-corrected chi connectivity index (χ0v) is 13.2. The predicted octanol–water partition coefficient (Wildman–Crippen LogP) is 2.18. The number of morpholine rings is 1. The van der Waals surface area contributed by atoms with Crippen molar-refractivity contribution >= 4 is 5.82 Å². The van der Waals surface area contributed by atoms with Crippen LogP contribution < -0.4 is 5.32 Å². The maximum atomic E-state index is 5.92. The predicted molar refractivity (Wildman–Crippen MR) is 83.6 cm³/mol. The van der Waals surface area contributed by atoms with Crippen molar-refractivity contribution in [2.75, 3.05) is 38.1 Å². The van der Waals surface area contributed by atoms with Gasteiger partial charge in [0.1, 0.15) is 11.9 Å². The highest BCUT2D eigenvalue weighted by molar-refractivity contribution is 5.49. The molecule has 1 atom stereocenters. The standard InChI is InChI=1S/C16H26N4O/c1-3-8-17-15-12-6-5-7-13(12)18-16(19-15)14-11-20(4-2)9-10-21-14/h14H,3-11H2,1-2H3,(H,17,18,19). The molecule has 1 unspecified atom stereocenters. The third-order valence-corrected chi connectivity index (χ3v) is 4.38. The van der Waals surface area contributed by atoms with Crippen molar-refractivity contribution in [3.63, 3.8) is 0 Å². The van der Waals surface area contributed by atoms with E-state index in [0.29, 0.717) is 0 Å². The summed E-state index contributed by atoms with van der Waals surface area (Å²) in [5, 5.41) is 3.48. The number of fused-ring (bicyclic) bond motifs is 1. The van der Waals surface area contributed by atoms with Crippen molar-refractivity contribution in [1.29, 1.82) is 0 Å². The average molecular weight is 290 g/mol. The number of nitrogens with zero attached hydrogens (tertiary/aromatic N) is 3. The summed E-state index contributed by atoms with van der Waals surface area (Å²) in [5.41, 5.74) is 2.56. The van der Waals surface area contributed by atoms with Crippen molar-refractivity contribution in [2.24, 2.45) is 0 Å². The zero-order chi connectivity index (χ0) is 14.7. The van der Waals surface area contributed by atoms with Crippen LogP contribution in [0.1, 0.15) is 49.9 Å². The van der Waals surface area contributed by atoms with Gasteiger partial charge in [0, 0.05) is 30.9 Å². The first-order valence-corrected chi connectivity index (χ1v) is 8.29. The van der Waals surface area contributed by atoms with E-state index in [9.17, 15) is 0 Å². The lowest BCUT2D eigenvalue weighted by molar-refractivity contribution is -0.0326. The molecule has 0 bridgehead atoms. The summed E-state index contributed by atoms with van der Waals surface area (Å²) in [5.74, 6) is 1.92.